The Morgan fingerprint density at radius 3 is 2.83 bits per heavy atom. The number of rotatable bonds is 1. The summed E-state index contributed by atoms with van der Waals surface area (Å²) in [5.41, 5.74) is 4.64. The van der Waals surface area contributed by atoms with Crippen LogP contribution in [0.25, 0.3) is 0 Å². The van der Waals surface area contributed by atoms with Crippen LogP contribution in [0.1, 0.15) is 53.7 Å². The molecule has 3 aliphatic rings. The molecule has 23 heavy (non-hydrogen) atoms. The van der Waals surface area contributed by atoms with Gasteiger partial charge in [-0.05, 0) is 37.3 Å². The topological polar surface area (TPSA) is 38.1 Å². The molecular weight excluding hydrogens is 286 g/mol. The van der Waals surface area contributed by atoms with Crippen LogP contribution in [0.3, 0.4) is 0 Å². The fourth-order valence-corrected chi connectivity index (χ4v) is 4.88. The predicted octanol–water partition coefficient (Wildman–Crippen LogP) is 3.30. The van der Waals surface area contributed by atoms with Gasteiger partial charge in [0.15, 0.2) is 0 Å². The maximum absolute atomic E-state index is 13.2. The Hall–Kier alpha value is -2.10. The van der Waals surface area contributed by atoms with Gasteiger partial charge >= 0.3 is 0 Å². The van der Waals surface area contributed by atoms with Crippen molar-refractivity contribution in [2.24, 2.45) is 0 Å². The van der Waals surface area contributed by atoms with Gasteiger partial charge in [0.2, 0.25) is 0 Å². The van der Waals surface area contributed by atoms with E-state index in [1.165, 1.54) is 31.2 Å². The Kier molecular flexibility index (Phi) is 2.73. The first-order valence-electron chi connectivity index (χ1n) is 8.75. The van der Waals surface area contributed by atoms with Crippen molar-refractivity contribution in [2.45, 2.75) is 50.5 Å². The van der Waals surface area contributed by atoms with Crippen molar-refractivity contribution >= 4 is 11.6 Å². The van der Waals surface area contributed by atoms with Crippen molar-refractivity contribution in [1.82, 2.24) is 9.78 Å². The van der Waals surface area contributed by atoms with Gasteiger partial charge in [0, 0.05) is 24.2 Å². The molecule has 118 valence electrons. The number of fused-ring (bicyclic) bond motifs is 3. The van der Waals surface area contributed by atoms with Crippen molar-refractivity contribution in [2.75, 3.05) is 11.4 Å². The molecule has 3 heterocycles. The number of aromatic nitrogens is 2. The SMILES string of the molecule is O=C(c1cnn2c1CCC2)N1CC2(CCCC2)c2ccccc21. The fraction of sp³-hybridized carbons (Fsp3) is 0.474. The van der Waals surface area contributed by atoms with Crippen molar-refractivity contribution < 1.29 is 4.79 Å². The third-order valence-electron chi connectivity index (χ3n) is 6.00. The first-order chi connectivity index (χ1) is 11.3. The highest BCUT2D eigenvalue weighted by atomic mass is 16.2. The molecule has 1 spiro atoms. The number of carbonyl (C=O) groups excluding carboxylic acids is 1. The van der Waals surface area contributed by atoms with E-state index in [-0.39, 0.29) is 11.3 Å². The van der Waals surface area contributed by atoms with E-state index in [1.54, 1.807) is 6.20 Å². The minimum atomic E-state index is 0.143. The molecule has 0 saturated heterocycles. The molecule has 1 aliphatic carbocycles. The van der Waals surface area contributed by atoms with Gasteiger partial charge in [0.25, 0.3) is 5.91 Å². The molecule has 5 rings (SSSR count). The molecule has 0 N–H and O–H groups in total. The molecule has 0 bridgehead atoms. The fourth-order valence-electron chi connectivity index (χ4n) is 4.88. The number of anilines is 1. The first-order valence-corrected chi connectivity index (χ1v) is 8.75. The van der Waals surface area contributed by atoms with E-state index in [9.17, 15) is 4.79 Å². The van der Waals surface area contributed by atoms with Gasteiger partial charge in [-0.3, -0.25) is 9.48 Å². The van der Waals surface area contributed by atoms with Crippen molar-refractivity contribution in [3.05, 3.63) is 47.3 Å². The van der Waals surface area contributed by atoms with Crippen LogP contribution < -0.4 is 4.90 Å². The van der Waals surface area contributed by atoms with Gasteiger partial charge < -0.3 is 4.90 Å². The minimum Gasteiger partial charge on any atom is -0.307 e. The zero-order valence-electron chi connectivity index (χ0n) is 13.3. The smallest absolute Gasteiger partial charge is 0.261 e. The number of hydrogen-bond acceptors (Lipinski definition) is 2. The normalized spacial score (nSPS) is 21.0. The van der Waals surface area contributed by atoms with Crippen LogP contribution in [-0.4, -0.2) is 22.2 Å². The van der Waals surface area contributed by atoms with Crippen LogP contribution in [0.5, 0.6) is 0 Å². The zero-order valence-corrected chi connectivity index (χ0v) is 13.3. The molecule has 1 aromatic heterocycles. The van der Waals surface area contributed by atoms with Gasteiger partial charge in [-0.25, -0.2) is 0 Å². The Labute approximate surface area is 136 Å². The zero-order chi connectivity index (χ0) is 15.4. The van der Waals surface area contributed by atoms with Crippen LogP contribution in [0.15, 0.2) is 30.5 Å². The molecule has 1 aromatic carbocycles. The van der Waals surface area contributed by atoms with Crippen LogP contribution in [0, 0.1) is 0 Å². The highest BCUT2D eigenvalue weighted by molar-refractivity contribution is 6.08. The molecule has 1 saturated carbocycles. The summed E-state index contributed by atoms with van der Waals surface area (Å²) in [4.78, 5) is 15.3. The lowest BCUT2D eigenvalue weighted by molar-refractivity contribution is 0.0984. The van der Waals surface area contributed by atoms with E-state index in [2.05, 4.69) is 29.4 Å². The number of aryl methyl sites for hydroxylation is 1. The summed E-state index contributed by atoms with van der Waals surface area (Å²) in [6.45, 7) is 1.79. The number of hydrogen-bond donors (Lipinski definition) is 0. The summed E-state index contributed by atoms with van der Waals surface area (Å²) in [6.07, 6.45) is 8.82. The van der Waals surface area contributed by atoms with E-state index < -0.39 is 0 Å². The van der Waals surface area contributed by atoms with E-state index in [0.717, 1.165) is 42.9 Å². The number of nitrogens with zero attached hydrogens (tertiary/aromatic N) is 3. The van der Waals surface area contributed by atoms with Gasteiger partial charge in [-0.15, -0.1) is 0 Å². The highest BCUT2D eigenvalue weighted by Crippen LogP contribution is 2.50. The Morgan fingerprint density at radius 1 is 1.13 bits per heavy atom. The monoisotopic (exact) mass is 307 g/mol. The second-order valence-corrected chi connectivity index (χ2v) is 7.23. The summed E-state index contributed by atoms with van der Waals surface area (Å²) < 4.78 is 2.00. The molecule has 2 aromatic rings. The summed E-state index contributed by atoms with van der Waals surface area (Å²) in [7, 11) is 0. The summed E-state index contributed by atoms with van der Waals surface area (Å²) in [5, 5.41) is 4.40. The van der Waals surface area contributed by atoms with E-state index in [0.29, 0.717) is 0 Å². The molecule has 0 radical (unpaired) electrons. The van der Waals surface area contributed by atoms with Crippen LogP contribution >= 0.6 is 0 Å². The van der Waals surface area contributed by atoms with Crippen LogP contribution in [0.2, 0.25) is 0 Å². The van der Waals surface area contributed by atoms with E-state index in [4.69, 9.17) is 0 Å². The molecule has 4 nitrogen and oxygen atoms in total. The van der Waals surface area contributed by atoms with Crippen LogP contribution in [-0.2, 0) is 18.4 Å². The summed E-state index contributed by atoms with van der Waals surface area (Å²) in [5.74, 6) is 0.143. The average molecular weight is 307 g/mol. The number of benzene rings is 1. The van der Waals surface area contributed by atoms with Crippen molar-refractivity contribution in [1.29, 1.82) is 0 Å². The quantitative estimate of drug-likeness (QED) is 0.811. The lowest BCUT2D eigenvalue weighted by atomic mass is 9.81. The second-order valence-electron chi connectivity index (χ2n) is 7.23. The predicted molar refractivity (Wildman–Crippen MR) is 88.8 cm³/mol. The maximum atomic E-state index is 13.2. The third-order valence-corrected chi connectivity index (χ3v) is 6.00. The van der Waals surface area contributed by atoms with Gasteiger partial charge in [-0.1, -0.05) is 31.0 Å². The first kappa shape index (κ1) is 13.3. The lowest BCUT2D eigenvalue weighted by Gasteiger charge is -2.24. The molecule has 0 atom stereocenters. The summed E-state index contributed by atoms with van der Waals surface area (Å²) >= 11 is 0. The number of amides is 1. The maximum Gasteiger partial charge on any atom is 0.261 e. The number of carbonyl (C=O) groups is 1. The van der Waals surface area contributed by atoms with E-state index >= 15 is 0 Å². The number of para-hydroxylation sites is 1. The van der Waals surface area contributed by atoms with E-state index in [1.807, 2.05) is 9.58 Å². The van der Waals surface area contributed by atoms with Gasteiger partial charge in [0.1, 0.15) is 0 Å². The molecule has 4 heteroatoms. The van der Waals surface area contributed by atoms with Crippen molar-refractivity contribution in [3.63, 3.8) is 0 Å². The van der Waals surface area contributed by atoms with Gasteiger partial charge in [-0.2, -0.15) is 5.10 Å². The van der Waals surface area contributed by atoms with Crippen molar-refractivity contribution in [3.8, 4) is 0 Å². The molecule has 1 fully saturated rings. The Balaban J connectivity index is 1.57. The second kappa shape index (κ2) is 4.70. The molecule has 0 unspecified atom stereocenters. The Bertz CT molecular complexity index is 786. The van der Waals surface area contributed by atoms with Crippen LogP contribution in [0.4, 0.5) is 5.69 Å². The standard InChI is InChI=1S/C19H21N3O/c23-18(14-12-20-22-11-5-8-16(14)22)21-13-19(9-3-4-10-19)15-6-1-2-7-17(15)21/h1-2,6-7,12H,3-5,8-11,13H2. The average Bonchev–Trinajstić information content (AvgIpc) is 3.32. The molecule has 2 aliphatic heterocycles. The Morgan fingerprint density at radius 2 is 1.96 bits per heavy atom. The lowest BCUT2D eigenvalue weighted by Crippen LogP contribution is -2.35. The molecule has 1 amide bonds. The van der Waals surface area contributed by atoms with Gasteiger partial charge in [0.05, 0.1) is 17.5 Å². The summed E-state index contributed by atoms with van der Waals surface area (Å²) in [6, 6.07) is 8.51. The largest absolute Gasteiger partial charge is 0.307 e. The third kappa shape index (κ3) is 1.78. The molecular formula is C19H21N3O. The highest BCUT2D eigenvalue weighted by Gasteiger charge is 2.46. The minimum absolute atomic E-state index is 0.143.